The minimum absolute atomic E-state index is 0.0997. The van der Waals surface area contributed by atoms with Gasteiger partial charge in [-0.05, 0) is 54.7 Å². The summed E-state index contributed by atoms with van der Waals surface area (Å²) in [5, 5.41) is 12.7. The van der Waals surface area contributed by atoms with Crippen LogP contribution in [-0.4, -0.2) is 27.2 Å². The second-order valence-corrected chi connectivity index (χ2v) is 7.32. The number of hydrogen-bond acceptors (Lipinski definition) is 4. The fourth-order valence-electron chi connectivity index (χ4n) is 2.53. The summed E-state index contributed by atoms with van der Waals surface area (Å²) in [6.45, 7) is 2.35. The van der Waals surface area contributed by atoms with Gasteiger partial charge in [0.15, 0.2) is 10.6 Å². The molecule has 3 rings (SSSR count). The van der Waals surface area contributed by atoms with Gasteiger partial charge in [0, 0.05) is 11.6 Å². The molecule has 25 heavy (non-hydrogen) atoms. The standard InChI is InChI=1S/C17H17ClN4OS2/c1-11(16(23)19-8-7-12-4-2-5-13(18)10-12)22-15(20-21-17(22)24)14-6-3-9-25-14/h2-6,9-11H,7-8H2,1H3,(H,19,23)(H,21,24). The van der Waals surface area contributed by atoms with E-state index < -0.39 is 6.04 Å². The number of thiophene rings is 1. The number of H-pyrrole nitrogens is 1. The van der Waals surface area contributed by atoms with E-state index in [1.54, 1.807) is 15.9 Å². The lowest BCUT2D eigenvalue weighted by Gasteiger charge is -2.15. The van der Waals surface area contributed by atoms with Crippen molar-refractivity contribution in [2.45, 2.75) is 19.4 Å². The number of amides is 1. The maximum atomic E-state index is 12.5. The van der Waals surface area contributed by atoms with E-state index in [1.165, 1.54) is 0 Å². The third-order valence-corrected chi connectivity index (χ3v) is 5.20. The molecule has 5 nitrogen and oxygen atoms in total. The molecule has 1 unspecified atom stereocenters. The highest BCUT2D eigenvalue weighted by atomic mass is 35.5. The predicted octanol–water partition coefficient (Wildman–Crippen LogP) is 4.24. The van der Waals surface area contributed by atoms with Gasteiger partial charge in [0.1, 0.15) is 6.04 Å². The number of nitrogens with zero attached hydrogens (tertiary/aromatic N) is 2. The topological polar surface area (TPSA) is 62.7 Å². The lowest BCUT2D eigenvalue weighted by molar-refractivity contribution is -0.123. The summed E-state index contributed by atoms with van der Waals surface area (Å²) in [4.78, 5) is 13.5. The SMILES string of the molecule is CC(C(=O)NCCc1cccc(Cl)c1)n1c(-c2cccs2)n[nH]c1=S. The maximum absolute atomic E-state index is 12.5. The molecule has 0 aliphatic heterocycles. The third kappa shape index (κ3) is 4.18. The highest BCUT2D eigenvalue weighted by Gasteiger charge is 2.20. The Bertz CT molecular complexity index is 917. The molecule has 1 aromatic carbocycles. The number of carbonyl (C=O) groups excluding carboxylic acids is 1. The van der Waals surface area contributed by atoms with Crippen LogP contribution >= 0.6 is 35.2 Å². The van der Waals surface area contributed by atoms with E-state index >= 15 is 0 Å². The van der Waals surface area contributed by atoms with Crippen LogP contribution in [0.3, 0.4) is 0 Å². The monoisotopic (exact) mass is 392 g/mol. The number of halogens is 1. The van der Waals surface area contributed by atoms with Gasteiger partial charge in [0.25, 0.3) is 0 Å². The predicted molar refractivity (Wildman–Crippen MR) is 104 cm³/mol. The maximum Gasteiger partial charge on any atom is 0.242 e. The zero-order valence-electron chi connectivity index (χ0n) is 13.5. The molecule has 130 valence electrons. The molecule has 0 aliphatic rings. The van der Waals surface area contributed by atoms with Crippen molar-refractivity contribution in [3.05, 3.63) is 57.1 Å². The minimum Gasteiger partial charge on any atom is -0.354 e. The summed E-state index contributed by atoms with van der Waals surface area (Å²) in [6.07, 6.45) is 0.716. The summed E-state index contributed by atoms with van der Waals surface area (Å²) < 4.78 is 2.18. The quantitative estimate of drug-likeness (QED) is 0.616. The molecule has 3 aromatic rings. The summed E-state index contributed by atoms with van der Waals surface area (Å²) in [5.41, 5.74) is 1.08. The van der Waals surface area contributed by atoms with Gasteiger partial charge in [-0.3, -0.25) is 14.5 Å². The molecule has 1 atom stereocenters. The van der Waals surface area contributed by atoms with Crippen LogP contribution in [0.4, 0.5) is 0 Å². The van der Waals surface area contributed by atoms with Crippen LogP contribution in [0.15, 0.2) is 41.8 Å². The molecule has 2 heterocycles. The minimum atomic E-state index is -0.456. The molecule has 0 aliphatic carbocycles. The molecule has 0 spiro atoms. The first-order valence-electron chi connectivity index (χ1n) is 7.79. The van der Waals surface area contributed by atoms with E-state index in [9.17, 15) is 4.79 Å². The van der Waals surface area contributed by atoms with Crippen molar-refractivity contribution in [2.75, 3.05) is 6.54 Å². The number of aromatic nitrogens is 3. The van der Waals surface area contributed by atoms with Gasteiger partial charge in [-0.25, -0.2) is 0 Å². The van der Waals surface area contributed by atoms with E-state index in [2.05, 4.69) is 15.5 Å². The summed E-state index contributed by atoms with van der Waals surface area (Å²) in [7, 11) is 0. The highest BCUT2D eigenvalue weighted by molar-refractivity contribution is 7.71. The molecule has 8 heteroatoms. The van der Waals surface area contributed by atoms with Crippen molar-refractivity contribution in [1.29, 1.82) is 0 Å². The van der Waals surface area contributed by atoms with Crippen LogP contribution in [0.5, 0.6) is 0 Å². The van der Waals surface area contributed by atoms with Gasteiger partial charge in [-0.2, -0.15) is 5.10 Å². The highest BCUT2D eigenvalue weighted by Crippen LogP contribution is 2.25. The van der Waals surface area contributed by atoms with Gasteiger partial charge in [-0.1, -0.05) is 29.8 Å². The first-order chi connectivity index (χ1) is 12.1. The van der Waals surface area contributed by atoms with Gasteiger partial charge < -0.3 is 5.32 Å². The van der Waals surface area contributed by atoms with E-state index in [-0.39, 0.29) is 5.91 Å². The van der Waals surface area contributed by atoms with Gasteiger partial charge >= 0.3 is 0 Å². The van der Waals surface area contributed by atoms with Gasteiger partial charge in [-0.15, -0.1) is 11.3 Å². The van der Waals surface area contributed by atoms with Crippen molar-refractivity contribution < 1.29 is 4.79 Å². The number of nitrogens with one attached hydrogen (secondary N) is 2. The number of benzene rings is 1. The first kappa shape index (κ1) is 17.8. The third-order valence-electron chi connectivity index (χ3n) is 3.81. The van der Waals surface area contributed by atoms with Crippen LogP contribution in [0.1, 0.15) is 18.5 Å². The molecule has 0 radical (unpaired) electrons. The molecular formula is C17H17ClN4OS2. The summed E-state index contributed by atoms with van der Waals surface area (Å²) in [6, 6.07) is 11.1. The zero-order valence-corrected chi connectivity index (χ0v) is 15.9. The van der Waals surface area contributed by atoms with Crippen LogP contribution in [-0.2, 0) is 11.2 Å². The number of aromatic amines is 1. The Labute approximate surface area is 159 Å². The Kier molecular flexibility index (Phi) is 5.67. The molecule has 1 amide bonds. The van der Waals surface area contributed by atoms with Crippen molar-refractivity contribution in [3.63, 3.8) is 0 Å². The normalized spacial score (nSPS) is 12.1. The van der Waals surface area contributed by atoms with E-state index in [1.807, 2.05) is 48.7 Å². The molecule has 2 N–H and O–H groups in total. The fourth-order valence-corrected chi connectivity index (χ4v) is 3.74. The van der Waals surface area contributed by atoms with E-state index in [4.69, 9.17) is 23.8 Å². The van der Waals surface area contributed by atoms with E-state index in [0.717, 1.165) is 10.4 Å². The second-order valence-electron chi connectivity index (χ2n) is 5.55. The average molecular weight is 393 g/mol. The average Bonchev–Trinajstić information content (AvgIpc) is 3.23. The Morgan fingerprint density at radius 2 is 2.28 bits per heavy atom. The molecular weight excluding hydrogens is 376 g/mol. The molecule has 0 saturated heterocycles. The van der Waals surface area contributed by atoms with Crippen molar-refractivity contribution >= 4 is 41.1 Å². The molecule has 0 saturated carbocycles. The molecule has 0 bridgehead atoms. The lowest BCUT2D eigenvalue weighted by Crippen LogP contribution is -2.32. The van der Waals surface area contributed by atoms with Gasteiger partial charge in [0.2, 0.25) is 5.91 Å². The van der Waals surface area contributed by atoms with Crippen molar-refractivity contribution in [3.8, 4) is 10.7 Å². The first-order valence-corrected chi connectivity index (χ1v) is 9.46. The Balaban J connectivity index is 1.67. The largest absolute Gasteiger partial charge is 0.354 e. The molecule has 0 fully saturated rings. The van der Waals surface area contributed by atoms with Crippen LogP contribution in [0.25, 0.3) is 10.7 Å². The summed E-state index contributed by atoms with van der Waals surface area (Å²) >= 11 is 12.8. The zero-order chi connectivity index (χ0) is 17.8. The van der Waals surface area contributed by atoms with Crippen molar-refractivity contribution in [2.24, 2.45) is 0 Å². The Morgan fingerprint density at radius 3 is 3.00 bits per heavy atom. The summed E-state index contributed by atoms with van der Waals surface area (Å²) in [5.74, 6) is 0.579. The number of carbonyl (C=O) groups is 1. The van der Waals surface area contributed by atoms with Crippen molar-refractivity contribution in [1.82, 2.24) is 20.1 Å². The smallest absolute Gasteiger partial charge is 0.242 e. The number of rotatable bonds is 6. The van der Waals surface area contributed by atoms with Gasteiger partial charge in [0.05, 0.1) is 4.88 Å². The number of hydrogen-bond donors (Lipinski definition) is 2. The second kappa shape index (κ2) is 7.95. The van der Waals surface area contributed by atoms with Crippen LogP contribution < -0.4 is 5.32 Å². The molecule has 2 aromatic heterocycles. The van der Waals surface area contributed by atoms with Crippen LogP contribution in [0.2, 0.25) is 5.02 Å². The Hall–Kier alpha value is -1.96. The fraction of sp³-hybridized carbons (Fsp3) is 0.235. The van der Waals surface area contributed by atoms with E-state index in [0.29, 0.717) is 28.6 Å². The van der Waals surface area contributed by atoms with Crippen LogP contribution in [0, 0.1) is 4.77 Å². The Morgan fingerprint density at radius 1 is 1.44 bits per heavy atom. The lowest BCUT2D eigenvalue weighted by atomic mass is 10.1.